The highest BCUT2D eigenvalue weighted by molar-refractivity contribution is 6.34. The van der Waals surface area contributed by atoms with Gasteiger partial charge in [0.2, 0.25) is 0 Å². The van der Waals surface area contributed by atoms with E-state index in [1.807, 2.05) is 0 Å². The minimum Gasteiger partial charge on any atom is -0.495 e. The van der Waals surface area contributed by atoms with Gasteiger partial charge in [0, 0.05) is 6.07 Å². The number of methoxy groups -OCH3 is 1. The van der Waals surface area contributed by atoms with Gasteiger partial charge in [-0.15, -0.1) is 0 Å². The summed E-state index contributed by atoms with van der Waals surface area (Å²) >= 11 is 5.61. The molecule has 1 heterocycles. The molecule has 0 aliphatic heterocycles. The first kappa shape index (κ1) is 9.98. The summed E-state index contributed by atoms with van der Waals surface area (Å²) in [5, 5.41) is 0.0481. The van der Waals surface area contributed by atoms with Crippen LogP contribution in [0.15, 0.2) is 6.07 Å². The van der Waals surface area contributed by atoms with E-state index in [4.69, 9.17) is 22.1 Å². The van der Waals surface area contributed by atoms with E-state index in [-0.39, 0.29) is 16.6 Å². The molecule has 0 unspecified atom stereocenters. The molecular formula is C7H7ClF2N2O. The molecule has 13 heavy (non-hydrogen) atoms. The topological polar surface area (TPSA) is 48.1 Å². The van der Waals surface area contributed by atoms with Crippen LogP contribution in [0.25, 0.3) is 0 Å². The van der Waals surface area contributed by atoms with Crippen molar-refractivity contribution in [3.05, 3.63) is 16.8 Å². The van der Waals surface area contributed by atoms with Crippen molar-refractivity contribution in [1.29, 1.82) is 0 Å². The van der Waals surface area contributed by atoms with Gasteiger partial charge in [0.05, 0.1) is 7.11 Å². The summed E-state index contributed by atoms with van der Waals surface area (Å²) in [6, 6.07) is 1.06. The Hall–Kier alpha value is -1.10. The van der Waals surface area contributed by atoms with Crippen LogP contribution < -0.4 is 10.5 Å². The lowest BCUT2D eigenvalue weighted by Gasteiger charge is -2.07. The summed E-state index contributed by atoms with van der Waals surface area (Å²) in [5.41, 5.74) is 4.83. The molecule has 0 atom stereocenters. The summed E-state index contributed by atoms with van der Waals surface area (Å²) in [4.78, 5) is 3.40. The SMILES string of the molecule is COc1cc(C(F)F)nc(N)c1Cl. The number of nitrogens with two attached hydrogens (primary N) is 1. The Bertz CT molecular complexity index is 320. The number of nitrogens with zero attached hydrogens (tertiary/aromatic N) is 1. The molecular weight excluding hydrogens is 202 g/mol. The summed E-state index contributed by atoms with van der Waals surface area (Å²) < 4.78 is 29.1. The van der Waals surface area contributed by atoms with Crippen LogP contribution >= 0.6 is 11.6 Å². The van der Waals surface area contributed by atoms with Gasteiger partial charge in [0.1, 0.15) is 22.3 Å². The fourth-order valence-electron chi connectivity index (χ4n) is 0.805. The molecule has 0 spiro atoms. The molecule has 6 heteroatoms. The third kappa shape index (κ3) is 1.98. The largest absolute Gasteiger partial charge is 0.495 e. The standard InChI is InChI=1S/C7H7ClF2N2O/c1-13-4-2-3(6(9)10)12-7(11)5(4)8/h2,6H,1H3,(H2,11,12). The van der Waals surface area contributed by atoms with Crippen molar-refractivity contribution >= 4 is 17.4 Å². The Morgan fingerprint density at radius 3 is 2.69 bits per heavy atom. The van der Waals surface area contributed by atoms with Crippen molar-refractivity contribution in [2.45, 2.75) is 6.43 Å². The van der Waals surface area contributed by atoms with Gasteiger partial charge in [0.15, 0.2) is 0 Å². The number of anilines is 1. The lowest BCUT2D eigenvalue weighted by molar-refractivity contribution is 0.146. The van der Waals surface area contributed by atoms with Crippen LogP contribution in [-0.2, 0) is 0 Å². The number of halogens is 3. The number of alkyl halides is 2. The summed E-state index contributed by atoms with van der Waals surface area (Å²) in [6.45, 7) is 0. The molecule has 0 aromatic carbocycles. The number of pyridine rings is 1. The maximum absolute atomic E-state index is 12.2. The van der Waals surface area contributed by atoms with Gasteiger partial charge >= 0.3 is 0 Å². The second kappa shape index (κ2) is 3.74. The Balaban J connectivity index is 3.22. The second-order valence-corrected chi connectivity index (χ2v) is 2.63. The molecule has 0 bridgehead atoms. The van der Waals surface area contributed by atoms with Crippen LogP contribution in [0.3, 0.4) is 0 Å². The molecule has 0 radical (unpaired) electrons. The Kier molecular flexibility index (Phi) is 2.87. The molecule has 0 saturated heterocycles. The van der Waals surface area contributed by atoms with Crippen LogP contribution in [0, 0.1) is 0 Å². The second-order valence-electron chi connectivity index (χ2n) is 2.25. The molecule has 3 nitrogen and oxygen atoms in total. The zero-order chi connectivity index (χ0) is 10.0. The first-order chi connectivity index (χ1) is 6.06. The van der Waals surface area contributed by atoms with Crippen molar-refractivity contribution in [2.75, 3.05) is 12.8 Å². The Morgan fingerprint density at radius 1 is 1.62 bits per heavy atom. The fourth-order valence-corrected chi connectivity index (χ4v) is 0.979. The number of nitrogen functional groups attached to an aromatic ring is 1. The first-order valence-corrected chi connectivity index (χ1v) is 3.72. The number of rotatable bonds is 2. The molecule has 2 N–H and O–H groups in total. The van der Waals surface area contributed by atoms with E-state index in [0.29, 0.717) is 0 Å². The fraction of sp³-hybridized carbons (Fsp3) is 0.286. The van der Waals surface area contributed by atoms with Gasteiger partial charge < -0.3 is 10.5 Å². The van der Waals surface area contributed by atoms with Crippen LogP contribution in [-0.4, -0.2) is 12.1 Å². The zero-order valence-corrected chi connectivity index (χ0v) is 7.48. The van der Waals surface area contributed by atoms with Gasteiger partial charge in [-0.25, -0.2) is 13.8 Å². The number of ether oxygens (including phenoxy) is 1. The lowest BCUT2D eigenvalue weighted by atomic mass is 10.3. The van der Waals surface area contributed by atoms with Crippen molar-refractivity contribution < 1.29 is 13.5 Å². The molecule has 1 rings (SSSR count). The summed E-state index contributed by atoms with van der Waals surface area (Å²) in [7, 11) is 1.32. The third-order valence-electron chi connectivity index (χ3n) is 1.41. The van der Waals surface area contributed by atoms with Crippen LogP contribution in [0.4, 0.5) is 14.6 Å². The minimum absolute atomic E-state index is 0.0481. The maximum atomic E-state index is 12.2. The predicted molar refractivity (Wildman–Crippen MR) is 45.2 cm³/mol. The highest BCUT2D eigenvalue weighted by atomic mass is 35.5. The highest BCUT2D eigenvalue weighted by Crippen LogP contribution is 2.32. The average Bonchev–Trinajstić information content (AvgIpc) is 2.09. The molecule has 0 fully saturated rings. The highest BCUT2D eigenvalue weighted by Gasteiger charge is 2.15. The van der Waals surface area contributed by atoms with Crippen molar-refractivity contribution in [3.63, 3.8) is 0 Å². The van der Waals surface area contributed by atoms with Crippen LogP contribution in [0.1, 0.15) is 12.1 Å². The molecule has 1 aromatic heterocycles. The Morgan fingerprint density at radius 2 is 2.23 bits per heavy atom. The van der Waals surface area contributed by atoms with Crippen molar-refractivity contribution in [3.8, 4) is 5.75 Å². The smallest absolute Gasteiger partial charge is 0.280 e. The van der Waals surface area contributed by atoms with E-state index in [1.54, 1.807) is 0 Å². The average molecular weight is 209 g/mol. The summed E-state index contributed by atoms with van der Waals surface area (Å²) in [5.74, 6) is -0.0548. The van der Waals surface area contributed by atoms with E-state index in [9.17, 15) is 8.78 Å². The molecule has 0 aliphatic rings. The normalized spacial score (nSPS) is 10.5. The summed E-state index contributed by atoms with van der Waals surface area (Å²) in [6.07, 6.45) is -2.69. The van der Waals surface area contributed by atoms with Crippen LogP contribution in [0.2, 0.25) is 5.02 Å². The predicted octanol–water partition coefficient (Wildman–Crippen LogP) is 2.26. The monoisotopic (exact) mass is 208 g/mol. The van der Waals surface area contributed by atoms with Gasteiger partial charge in [0.25, 0.3) is 6.43 Å². The maximum Gasteiger partial charge on any atom is 0.280 e. The van der Waals surface area contributed by atoms with Crippen LogP contribution in [0.5, 0.6) is 5.75 Å². The lowest BCUT2D eigenvalue weighted by Crippen LogP contribution is -1.99. The Labute approximate surface area is 78.5 Å². The van der Waals surface area contributed by atoms with E-state index in [2.05, 4.69) is 4.98 Å². The molecule has 0 saturated carbocycles. The third-order valence-corrected chi connectivity index (χ3v) is 1.79. The zero-order valence-electron chi connectivity index (χ0n) is 6.72. The van der Waals surface area contributed by atoms with Gasteiger partial charge in [-0.2, -0.15) is 0 Å². The molecule has 72 valence electrons. The van der Waals surface area contributed by atoms with E-state index >= 15 is 0 Å². The number of hydrogen-bond donors (Lipinski definition) is 1. The van der Waals surface area contributed by atoms with E-state index < -0.39 is 12.1 Å². The molecule has 0 amide bonds. The van der Waals surface area contributed by atoms with E-state index in [1.165, 1.54) is 7.11 Å². The van der Waals surface area contributed by atoms with Gasteiger partial charge in [-0.3, -0.25) is 0 Å². The molecule has 1 aromatic rings. The van der Waals surface area contributed by atoms with Gasteiger partial charge in [-0.1, -0.05) is 11.6 Å². The minimum atomic E-state index is -2.69. The quantitative estimate of drug-likeness (QED) is 0.811. The van der Waals surface area contributed by atoms with Crippen molar-refractivity contribution in [2.24, 2.45) is 0 Å². The first-order valence-electron chi connectivity index (χ1n) is 3.34. The van der Waals surface area contributed by atoms with E-state index in [0.717, 1.165) is 6.07 Å². The number of hydrogen-bond acceptors (Lipinski definition) is 3. The van der Waals surface area contributed by atoms with Gasteiger partial charge in [-0.05, 0) is 0 Å². The molecule has 0 aliphatic carbocycles. The van der Waals surface area contributed by atoms with Crippen molar-refractivity contribution in [1.82, 2.24) is 4.98 Å². The number of aromatic nitrogens is 1.